The van der Waals surface area contributed by atoms with E-state index in [0.29, 0.717) is 47.8 Å². The summed E-state index contributed by atoms with van der Waals surface area (Å²) in [5.41, 5.74) is 3.49. The Hall–Kier alpha value is -2.80. The van der Waals surface area contributed by atoms with Crippen molar-refractivity contribution in [2.75, 3.05) is 13.7 Å². The Kier molecular flexibility index (Phi) is 4.61. The predicted octanol–water partition coefficient (Wildman–Crippen LogP) is 2.99. The van der Waals surface area contributed by atoms with Gasteiger partial charge < -0.3 is 9.30 Å². The first-order valence-electron chi connectivity index (χ1n) is 9.23. The molecule has 0 saturated heterocycles. The van der Waals surface area contributed by atoms with Crippen molar-refractivity contribution >= 4 is 33.2 Å². The van der Waals surface area contributed by atoms with Gasteiger partial charge in [0.25, 0.3) is 5.56 Å². The summed E-state index contributed by atoms with van der Waals surface area (Å²) < 4.78 is 8.85. The minimum Gasteiger partial charge on any atom is -0.385 e. The number of aryl methyl sites for hydroxylation is 1. The molecule has 1 aromatic carbocycles. The fourth-order valence-corrected chi connectivity index (χ4v) is 3.44. The highest BCUT2D eigenvalue weighted by Gasteiger charge is 2.19. The van der Waals surface area contributed by atoms with Crippen LogP contribution in [0.25, 0.3) is 33.2 Å². The molecule has 4 aromatic rings. The molecule has 3 heterocycles. The van der Waals surface area contributed by atoms with Crippen molar-refractivity contribution in [3.05, 3.63) is 40.9 Å². The summed E-state index contributed by atoms with van der Waals surface area (Å²) >= 11 is 0. The van der Waals surface area contributed by atoms with Gasteiger partial charge in [-0.2, -0.15) is 0 Å². The molecule has 0 N–H and O–H groups in total. The van der Waals surface area contributed by atoms with Gasteiger partial charge in [-0.15, -0.1) is 0 Å². The lowest BCUT2D eigenvalue weighted by Gasteiger charge is -2.09. The standard InChI is InChI=1S/C20H23N5O2/c1-13(2)11-24-12-21-18-16(20(24)26)17-19(25(18)9-6-10-27-3)23-15-8-5-4-7-14(15)22-17/h4-5,7-8,12-13H,6,9-11H2,1-3H3. The first-order chi connectivity index (χ1) is 13.1. The highest BCUT2D eigenvalue weighted by molar-refractivity contribution is 6.04. The minimum absolute atomic E-state index is 0.0613. The van der Waals surface area contributed by atoms with Crippen LogP contribution in [0.5, 0.6) is 0 Å². The SMILES string of the molecule is COCCCn1c2nc3ccccc3nc2c2c(=O)n(CC(C)C)cnc21. The molecule has 0 saturated carbocycles. The number of aromatic nitrogens is 5. The maximum absolute atomic E-state index is 13.2. The monoisotopic (exact) mass is 365 g/mol. The van der Waals surface area contributed by atoms with Crippen LogP contribution in [0.1, 0.15) is 20.3 Å². The fraction of sp³-hybridized carbons (Fsp3) is 0.400. The average molecular weight is 365 g/mol. The smallest absolute Gasteiger partial charge is 0.265 e. The Bertz CT molecular complexity index is 1180. The van der Waals surface area contributed by atoms with Crippen LogP contribution in [-0.2, 0) is 17.8 Å². The molecule has 27 heavy (non-hydrogen) atoms. The van der Waals surface area contributed by atoms with Crippen molar-refractivity contribution in [1.29, 1.82) is 0 Å². The van der Waals surface area contributed by atoms with E-state index in [4.69, 9.17) is 14.7 Å². The Morgan fingerprint density at radius 1 is 1.11 bits per heavy atom. The number of rotatable bonds is 6. The predicted molar refractivity (Wildman–Crippen MR) is 106 cm³/mol. The lowest BCUT2D eigenvalue weighted by Crippen LogP contribution is -2.23. The number of hydrogen-bond acceptors (Lipinski definition) is 5. The van der Waals surface area contributed by atoms with Gasteiger partial charge in [0.05, 0.1) is 17.4 Å². The number of fused-ring (bicyclic) bond motifs is 4. The van der Waals surface area contributed by atoms with E-state index in [1.165, 1.54) is 0 Å². The van der Waals surface area contributed by atoms with Crippen molar-refractivity contribution in [3.63, 3.8) is 0 Å². The largest absolute Gasteiger partial charge is 0.385 e. The first kappa shape index (κ1) is 17.6. The normalized spacial score (nSPS) is 12.0. The molecule has 0 aliphatic heterocycles. The van der Waals surface area contributed by atoms with E-state index in [1.54, 1.807) is 18.0 Å². The second kappa shape index (κ2) is 7.08. The summed E-state index contributed by atoms with van der Waals surface area (Å²) in [5, 5.41) is 0.545. The molecular formula is C20H23N5O2. The Balaban J connectivity index is 2.04. The van der Waals surface area contributed by atoms with Crippen LogP contribution in [-0.4, -0.2) is 37.8 Å². The molecule has 0 amide bonds. The van der Waals surface area contributed by atoms with Crippen molar-refractivity contribution in [3.8, 4) is 0 Å². The zero-order valence-electron chi connectivity index (χ0n) is 15.8. The van der Waals surface area contributed by atoms with Crippen molar-refractivity contribution in [1.82, 2.24) is 24.1 Å². The van der Waals surface area contributed by atoms with E-state index < -0.39 is 0 Å². The van der Waals surface area contributed by atoms with Gasteiger partial charge in [0.15, 0.2) is 11.3 Å². The second-order valence-corrected chi connectivity index (χ2v) is 7.18. The molecule has 0 fully saturated rings. The lowest BCUT2D eigenvalue weighted by molar-refractivity contribution is 0.191. The molecule has 7 nitrogen and oxygen atoms in total. The van der Waals surface area contributed by atoms with Crippen LogP contribution in [0, 0.1) is 5.92 Å². The fourth-order valence-electron chi connectivity index (χ4n) is 3.44. The Morgan fingerprint density at radius 3 is 2.56 bits per heavy atom. The van der Waals surface area contributed by atoms with E-state index in [0.717, 1.165) is 17.5 Å². The third-order valence-corrected chi connectivity index (χ3v) is 4.61. The van der Waals surface area contributed by atoms with Gasteiger partial charge in [0.2, 0.25) is 0 Å². The van der Waals surface area contributed by atoms with Gasteiger partial charge in [0.1, 0.15) is 10.9 Å². The van der Waals surface area contributed by atoms with Gasteiger partial charge in [0, 0.05) is 26.8 Å². The van der Waals surface area contributed by atoms with Gasteiger partial charge >= 0.3 is 0 Å². The van der Waals surface area contributed by atoms with E-state index in [2.05, 4.69) is 18.8 Å². The Labute approximate surface area is 156 Å². The number of benzene rings is 1. The molecule has 0 unspecified atom stereocenters. The summed E-state index contributed by atoms with van der Waals surface area (Å²) in [4.78, 5) is 27.3. The van der Waals surface area contributed by atoms with Gasteiger partial charge in [-0.25, -0.2) is 15.0 Å². The van der Waals surface area contributed by atoms with E-state index >= 15 is 0 Å². The average Bonchev–Trinajstić information content (AvgIpc) is 2.95. The number of para-hydroxylation sites is 2. The number of nitrogens with zero attached hydrogens (tertiary/aromatic N) is 5. The molecule has 140 valence electrons. The summed E-state index contributed by atoms with van der Waals surface area (Å²) in [5.74, 6) is 0.351. The summed E-state index contributed by atoms with van der Waals surface area (Å²) in [6.07, 6.45) is 2.44. The maximum atomic E-state index is 13.2. The van der Waals surface area contributed by atoms with Gasteiger partial charge in [-0.1, -0.05) is 26.0 Å². The molecule has 0 bridgehead atoms. The van der Waals surface area contributed by atoms with Crippen molar-refractivity contribution in [2.24, 2.45) is 5.92 Å². The van der Waals surface area contributed by atoms with E-state index in [9.17, 15) is 4.79 Å². The summed E-state index contributed by atoms with van der Waals surface area (Å²) in [6.45, 7) is 6.09. The summed E-state index contributed by atoms with van der Waals surface area (Å²) in [7, 11) is 1.68. The zero-order valence-corrected chi connectivity index (χ0v) is 15.8. The highest BCUT2D eigenvalue weighted by atomic mass is 16.5. The number of ether oxygens (including phenoxy) is 1. The minimum atomic E-state index is -0.0613. The van der Waals surface area contributed by atoms with Crippen molar-refractivity contribution in [2.45, 2.75) is 33.4 Å². The van der Waals surface area contributed by atoms with Crippen LogP contribution in [0.2, 0.25) is 0 Å². The van der Waals surface area contributed by atoms with Crippen LogP contribution in [0.4, 0.5) is 0 Å². The summed E-state index contributed by atoms with van der Waals surface area (Å²) in [6, 6.07) is 7.72. The molecule has 4 rings (SSSR count). The quantitative estimate of drug-likeness (QED) is 0.491. The first-order valence-corrected chi connectivity index (χ1v) is 9.23. The van der Waals surface area contributed by atoms with Crippen LogP contribution in [0.15, 0.2) is 35.4 Å². The van der Waals surface area contributed by atoms with Crippen molar-refractivity contribution < 1.29 is 4.74 Å². The molecular weight excluding hydrogens is 342 g/mol. The third kappa shape index (κ3) is 3.08. The van der Waals surface area contributed by atoms with Crippen LogP contribution in [0.3, 0.4) is 0 Å². The molecule has 0 aliphatic rings. The zero-order chi connectivity index (χ0) is 19.0. The molecule has 3 aromatic heterocycles. The number of methoxy groups -OCH3 is 1. The van der Waals surface area contributed by atoms with Crippen LogP contribution < -0.4 is 5.56 Å². The molecule has 0 radical (unpaired) electrons. The van der Waals surface area contributed by atoms with Crippen LogP contribution >= 0.6 is 0 Å². The molecule has 7 heteroatoms. The molecule has 0 aliphatic carbocycles. The van der Waals surface area contributed by atoms with E-state index in [1.807, 2.05) is 28.8 Å². The third-order valence-electron chi connectivity index (χ3n) is 4.61. The molecule has 0 spiro atoms. The second-order valence-electron chi connectivity index (χ2n) is 7.18. The number of hydrogen-bond donors (Lipinski definition) is 0. The highest BCUT2D eigenvalue weighted by Crippen LogP contribution is 2.25. The lowest BCUT2D eigenvalue weighted by atomic mass is 10.2. The molecule has 0 atom stereocenters. The Morgan fingerprint density at radius 2 is 1.85 bits per heavy atom. The maximum Gasteiger partial charge on any atom is 0.265 e. The van der Waals surface area contributed by atoms with Gasteiger partial charge in [-0.3, -0.25) is 9.36 Å². The van der Waals surface area contributed by atoms with E-state index in [-0.39, 0.29) is 5.56 Å². The van der Waals surface area contributed by atoms with Gasteiger partial charge in [-0.05, 0) is 24.5 Å². The topological polar surface area (TPSA) is 74.8 Å².